The molecule has 0 saturated heterocycles. The van der Waals surface area contributed by atoms with Gasteiger partial charge < -0.3 is 15.8 Å². The molecule has 1 aromatic heterocycles. The zero-order chi connectivity index (χ0) is 14.4. The zero-order valence-electron chi connectivity index (χ0n) is 11.3. The first kappa shape index (κ1) is 13.9. The van der Waals surface area contributed by atoms with Crippen LogP contribution in [0.4, 0.5) is 5.69 Å². The predicted octanol–water partition coefficient (Wildman–Crippen LogP) is 0.958. The number of oxime groups is 1. The Morgan fingerprint density at radius 2 is 2.15 bits per heavy atom. The lowest BCUT2D eigenvalue weighted by molar-refractivity contribution is 0.317. The summed E-state index contributed by atoms with van der Waals surface area (Å²) < 4.78 is 1.74. The molecule has 0 fully saturated rings. The Morgan fingerprint density at radius 3 is 2.75 bits per heavy atom. The molecule has 106 valence electrons. The van der Waals surface area contributed by atoms with Gasteiger partial charge in [-0.25, -0.2) is 4.98 Å². The van der Waals surface area contributed by atoms with E-state index in [2.05, 4.69) is 20.1 Å². The van der Waals surface area contributed by atoms with E-state index in [1.165, 1.54) is 6.33 Å². The average molecular weight is 274 g/mol. The standard InChI is InChI=1S/C13H18N6O/c1-18-13(15-10-16-18)9-19(8-7-12(14)17-20)11-5-3-2-4-6-11/h2-6,10,20H,7-9H2,1H3,(H2,14,17). The molecule has 1 aromatic carbocycles. The molecule has 0 saturated carbocycles. The molecular weight excluding hydrogens is 256 g/mol. The van der Waals surface area contributed by atoms with Crippen LogP contribution in [-0.2, 0) is 13.6 Å². The molecule has 2 rings (SSSR count). The SMILES string of the molecule is Cn1ncnc1CN(CCC(N)=NO)c1ccccc1. The number of hydrogen-bond acceptors (Lipinski definition) is 5. The topological polar surface area (TPSA) is 92.6 Å². The third-order valence-electron chi connectivity index (χ3n) is 3.03. The van der Waals surface area contributed by atoms with Crippen LogP contribution in [0.15, 0.2) is 41.8 Å². The van der Waals surface area contributed by atoms with E-state index in [9.17, 15) is 0 Å². The van der Waals surface area contributed by atoms with Gasteiger partial charge >= 0.3 is 0 Å². The quantitative estimate of drug-likeness (QED) is 0.354. The van der Waals surface area contributed by atoms with Gasteiger partial charge in [0.15, 0.2) is 0 Å². The van der Waals surface area contributed by atoms with Crippen LogP contribution in [-0.4, -0.2) is 32.4 Å². The van der Waals surface area contributed by atoms with E-state index in [4.69, 9.17) is 10.9 Å². The molecule has 7 nitrogen and oxygen atoms in total. The number of nitrogens with two attached hydrogens (primary N) is 1. The van der Waals surface area contributed by atoms with Crippen molar-refractivity contribution in [2.24, 2.45) is 17.9 Å². The van der Waals surface area contributed by atoms with E-state index in [0.717, 1.165) is 11.5 Å². The summed E-state index contributed by atoms with van der Waals surface area (Å²) in [7, 11) is 1.86. The molecule has 0 amide bonds. The summed E-state index contributed by atoms with van der Waals surface area (Å²) in [5, 5.41) is 15.7. The first-order valence-electron chi connectivity index (χ1n) is 6.30. The minimum Gasteiger partial charge on any atom is -0.409 e. The number of rotatable bonds is 6. The molecule has 2 aromatic rings. The first-order chi connectivity index (χ1) is 9.70. The fourth-order valence-corrected chi connectivity index (χ4v) is 1.87. The van der Waals surface area contributed by atoms with Crippen LogP contribution in [0.1, 0.15) is 12.2 Å². The summed E-state index contributed by atoms with van der Waals surface area (Å²) in [6.07, 6.45) is 2.01. The van der Waals surface area contributed by atoms with Crippen molar-refractivity contribution in [2.45, 2.75) is 13.0 Å². The molecule has 7 heteroatoms. The number of hydrogen-bond donors (Lipinski definition) is 2. The Morgan fingerprint density at radius 1 is 1.40 bits per heavy atom. The third-order valence-corrected chi connectivity index (χ3v) is 3.03. The maximum Gasteiger partial charge on any atom is 0.146 e. The smallest absolute Gasteiger partial charge is 0.146 e. The highest BCUT2D eigenvalue weighted by Gasteiger charge is 2.11. The molecule has 0 radical (unpaired) electrons. The fourth-order valence-electron chi connectivity index (χ4n) is 1.87. The van der Waals surface area contributed by atoms with Crippen LogP contribution >= 0.6 is 0 Å². The third kappa shape index (κ3) is 3.47. The molecule has 0 atom stereocenters. The second kappa shape index (κ2) is 6.55. The minimum atomic E-state index is 0.212. The second-order valence-corrected chi connectivity index (χ2v) is 4.40. The van der Waals surface area contributed by atoms with E-state index in [-0.39, 0.29) is 5.84 Å². The highest BCUT2D eigenvalue weighted by atomic mass is 16.4. The summed E-state index contributed by atoms with van der Waals surface area (Å²) in [6.45, 7) is 1.24. The molecule has 0 aliphatic carbocycles. The molecular formula is C13H18N6O. The van der Waals surface area contributed by atoms with Gasteiger partial charge in [0.25, 0.3) is 0 Å². The van der Waals surface area contributed by atoms with E-state index < -0.39 is 0 Å². The van der Waals surface area contributed by atoms with Crippen LogP contribution in [0.25, 0.3) is 0 Å². The predicted molar refractivity (Wildman–Crippen MR) is 76.5 cm³/mol. The lowest BCUT2D eigenvalue weighted by atomic mass is 10.2. The molecule has 0 unspecified atom stereocenters. The van der Waals surface area contributed by atoms with Crippen molar-refractivity contribution in [1.82, 2.24) is 14.8 Å². The molecule has 3 N–H and O–H groups in total. The minimum absolute atomic E-state index is 0.212. The largest absolute Gasteiger partial charge is 0.409 e. The molecule has 0 spiro atoms. The van der Waals surface area contributed by atoms with Gasteiger partial charge in [-0.15, -0.1) is 0 Å². The van der Waals surface area contributed by atoms with Crippen molar-refractivity contribution in [2.75, 3.05) is 11.4 Å². The van der Waals surface area contributed by atoms with Gasteiger partial charge in [0, 0.05) is 25.7 Å². The second-order valence-electron chi connectivity index (χ2n) is 4.40. The fraction of sp³-hybridized carbons (Fsp3) is 0.308. The summed E-state index contributed by atoms with van der Waals surface area (Å²) in [5.41, 5.74) is 6.60. The Hall–Kier alpha value is -2.57. The number of amidine groups is 1. The normalized spacial score (nSPS) is 11.6. The number of aryl methyl sites for hydroxylation is 1. The van der Waals surface area contributed by atoms with Crippen LogP contribution in [0, 0.1) is 0 Å². The van der Waals surface area contributed by atoms with Crippen molar-refractivity contribution in [3.8, 4) is 0 Å². The maximum atomic E-state index is 8.64. The Balaban J connectivity index is 2.14. The van der Waals surface area contributed by atoms with E-state index >= 15 is 0 Å². The van der Waals surface area contributed by atoms with E-state index in [1.54, 1.807) is 4.68 Å². The van der Waals surface area contributed by atoms with Gasteiger partial charge in [0.2, 0.25) is 0 Å². The van der Waals surface area contributed by atoms with Crippen molar-refractivity contribution in [3.63, 3.8) is 0 Å². The Labute approximate surface area is 117 Å². The Bertz CT molecular complexity index is 565. The van der Waals surface area contributed by atoms with E-state index in [1.807, 2.05) is 37.4 Å². The van der Waals surface area contributed by atoms with Crippen molar-refractivity contribution in [3.05, 3.63) is 42.5 Å². The maximum absolute atomic E-state index is 8.64. The summed E-state index contributed by atoms with van der Waals surface area (Å²) >= 11 is 0. The first-order valence-corrected chi connectivity index (χ1v) is 6.30. The average Bonchev–Trinajstić information content (AvgIpc) is 2.89. The Kier molecular flexibility index (Phi) is 4.54. The van der Waals surface area contributed by atoms with Crippen LogP contribution in [0.5, 0.6) is 0 Å². The van der Waals surface area contributed by atoms with Gasteiger partial charge in [-0.3, -0.25) is 4.68 Å². The zero-order valence-corrected chi connectivity index (χ0v) is 11.3. The van der Waals surface area contributed by atoms with Crippen LogP contribution in [0.3, 0.4) is 0 Å². The van der Waals surface area contributed by atoms with Crippen LogP contribution in [0.2, 0.25) is 0 Å². The number of anilines is 1. The van der Waals surface area contributed by atoms with Crippen molar-refractivity contribution < 1.29 is 5.21 Å². The molecule has 0 aliphatic rings. The van der Waals surface area contributed by atoms with Crippen molar-refractivity contribution in [1.29, 1.82) is 0 Å². The number of para-hydroxylation sites is 1. The van der Waals surface area contributed by atoms with Crippen LogP contribution < -0.4 is 10.6 Å². The van der Waals surface area contributed by atoms with Gasteiger partial charge in [0.05, 0.1) is 6.54 Å². The van der Waals surface area contributed by atoms with E-state index in [0.29, 0.717) is 19.5 Å². The van der Waals surface area contributed by atoms with Crippen molar-refractivity contribution >= 4 is 11.5 Å². The monoisotopic (exact) mass is 274 g/mol. The van der Waals surface area contributed by atoms with Gasteiger partial charge in [-0.05, 0) is 12.1 Å². The summed E-state index contributed by atoms with van der Waals surface area (Å²) in [4.78, 5) is 6.34. The summed E-state index contributed by atoms with van der Waals surface area (Å²) in [5.74, 6) is 1.07. The number of benzene rings is 1. The van der Waals surface area contributed by atoms with Gasteiger partial charge in [-0.2, -0.15) is 5.10 Å². The lowest BCUT2D eigenvalue weighted by Gasteiger charge is -2.24. The number of nitrogens with zero attached hydrogens (tertiary/aromatic N) is 5. The van der Waals surface area contributed by atoms with Gasteiger partial charge in [0.1, 0.15) is 18.0 Å². The molecule has 1 heterocycles. The number of aromatic nitrogens is 3. The summed E-state index contributed by atoms with van der Waals surface area (Å²) in [6, 6.07) is 9.95. The molecule has 0 bridgehead atoms. The molecule has 0 aliphatic heterocycles. The lowest BCUT2D eigenvalue weighted by Crippen LogP contribution is -2.29. The highest BCUT2D eigenvalue weighted by Crippen LogP contribution is 2.16. The molecule has 20 heavy (non-hydrogen) atoms. The van der Waals surface area contributed by atoms with Gasteiger partial charge in [-0.1, -0.05) is 23.4 Å². The highest BCUT2D eigenvalue weighted by molar-refractivity contribution is 5.80.